The van der Waals surface area contributed by atoms with Crippen LogP contribution in [0.25, 0.3) is 0 Å². The molecule has 5 heterocycles. The van der Waals surface area contributed by atoms with Crippen LogP contribution in [-0.4, -0.2) is 12.7 Å². The molecular weight excluding hydrogens is 1880 g/mol. The van der Waals surface area contributed by atoms with Gasteiger partial charge in [0.25, 0.3) is 0 Å². The molecule has 5 fully saturated rings. The monoisotopic (exact) mass is 2020 g/mol. The highest BCUT2D eigenvalue weighted by atomic mass is 19.2. The van der Waals surface area contributed by atoms with Gasteiger partial charge in [-0.15, -0.1) is 13.2 Å². The van der Waals surface area contributed by atoms with Crippen molar-refractivity contribution in [2.45, 2.75) is 348 Å². The van der Waals surface area contributed by atoms with Crippen LogP contribution in [0.3, 0.4) is 0 Å². The summed E-state index contributed by atoms with van der Waals surface area (Å²) in [6.07, 6.45) is 41.5. The third-order valence-corrected chi connectivity index (χ3v) is 32.3. The molecular formula is C125H139F15O6. The van der Waals surface area contributed by atoms with Crippen LogP contribution in [0.15, 0.2) is 128 Å². The Morgan fingerprint density at radius 1 is 0.281 bits per heavy atom. The van der Waals surface area contributed by atoms with E-state index in [-0.39, 0.29) is 93.2 Å². The lowest BCUT2D eigenvalue weighted by Gasteiger charge is -2.30. The lowest BCUT2D eigenvalue weighted by molar-refractivity contribution is 0.0325. The number of allylic oxidation sites excluding steroid dienone is 4. The summed E-state index contributed by atoms with van der Waals surface area (Å²) in [5, 5.41) is 0. The van der Waals surface area contributed by atoms with Crippen molar-refractivity contribution in [3.05, 3.63) is 327 Å². The molecule has 0 spiro atoms. The van der Waals surface area contributed by atoms with Crippen molar-refractivity contribution in [3.63, 3.8) is 0 Å². The van der Waals surface area contributed by atoms with E-state index in [0.29, 0.717) is 206 Å². The second kappa shape index (κ2) is 49.2. The first-order valence-electron chi connectivity index (χ1n) is 54.1. The predicted octanol–water partition coefficient (Wildman–Crippen LogP) is 37.8. The first-order chi connectivity index (χ1) is 70.6. The standard InChI is InChI=1S/C27H33F3O.2C25H27F3O.C24H27F3O2.C24H25F3O/c1-3-5-6-8-17-9-11-18(12-10-17)22-16-21-15-20-14-13-19(7-4-2)23(28)26(20)31-27(21)25(30)24(22)29;1-3-5-6-15-7-9-17(10-8-15)20-14-19-13-18-12-11-16(4-2)21(26)24(18)29-25(19)23(28)22(20)27;1-3-5-15-7-9-16(10-8-15)20-14-19-13-18-12-11-17(6-4-2)21(26)24(18)29-25(19)23(28)22(20)27;1-3-5-15-6-7-16-12-17-13-19(14-8-10-18(11-9-14)28-4-2)21(26)22(27)24(17)29-23(16)20(15)25;1-3-5-16-10-11-17-12-18-13-19(15-8-6-14(4-2)7-9-15)21(26)22(27)24(18)28-23(17)20(16)25/h13-14,16-18H,3-12,15H2,1-2H3;3,11-12,14-15,17H,1,4-10,13H2,2H3;3,5,11-12,14-16H,4,6-10,13H2,1-2H3;6-7,13-14,18H,3-5,8-12H2,1-2H3;4,10-11,13-15H,2-3,5-9,12H2,1H3/b;;5-3+;;. The molecule has 0 N–H and O–H groups in total. The van der Waals surface area contributed by atoms with Crippen LogP contribution in [0.5, 0.6) is 57.5 Å². The molecule has 0 bridgehead atoms. The van der Waals surface area contributed by atoms with Gasteiger partial charge in [-0.2, -0.15) is 22.0 Å². The molecule has 0 aromatic heterocycles. The summed E-state index contributed by atoms with van der Waals surface area (Å²) >= 11 is 0. The molecule has 0 amide bonds. The number of hydrogen-bond donors (Lipinski definition) is 0. The zero-order valence-electron chi connectivity index (χ0n) is 85.8. The smallest absolute Gasteiger partial charge is 0.201 e. The second-order valence-corrected chi connectivity index (χ2v) is 42.0. The minimum absolute atomic E-state index is 0.000984. The van der Waals surface area contributed by atoms with Gasteiger partial charge >= 0.3 is 0 Å². The fourth-order valence-electron chi connectivity index (χ4n) is 24.1. The Balaban J connectivity index is 0.000000131. The first-order valence-corrected chi connectivity index (χ1v) is 54.1. The molecule has 5 saturated carbocycles. The molecule has 20 rings (SSSR count). The Hall–Kier alpha value is -10.7. The molecule has 5 aliphatic heterocycles. The number of ether oxygens (including phenoxy) is 6. The van der Waals surface area contributed by atoms with Crippen LogP contribution in [0.1, 0.15) is 389 Å². The summed E-state index contributed by atoms with van der Waals surface area (Å²) in [7, 11) is 0. The van der Waals surface area contributed by atoms with Crippen molar-refractivity contribution in [3.8, 4) is 57.5 Å². The highest BCUT2D eigenvalue weighted by Gasteiger charge is 2.41. The number of hydrogen-bond acceptors (Lipinski definition) is 6. The molecule has 21 heteroatoms. The van der Waals surface area contributed by atoms with Crippen LogP contribution in [0.2, 0.25) is 0 Å². The normalized spacial score (nSPS) is 20.7. The molecule has 5 aliphatic carbocycles. The quantitative estimate of drug-likeness (QED) is 0.0323. The zero-order valence-corrected chi connectivity index (χ0v) is 85.8. The molecule has 146 heavy (non-hydrogen) atoms. The third-order valence-electron chi connectivity index (χ3n) is 32.3. The van der Waals surface area contributed by atoms with Gasteiger partial charge in [0.15, 0.2) is 116 Å². The van der Waals surface area contributed by atoms with Crippen molar-refractivity contribution in [1.29, 1.82) is 0 Å². The number of fused-ring (bicyclic) bond motifs is 10. The maximum Gasteiger partial charge on any atom is 0.201 e. The number of unbranched alkanes of at least 4 members (excludes halogenated alkanes) is 2. The van der Waals surface area contributed by atoms with Gasteiger partial charge in [0.05, 0.1) is 6.10 Å². The summed E-state index contributed by atoms with van der Waals surface area (Å²) in [6, 6.07) is 26.7. The zero-order chi connectivity index (χ0) is 103. The maximum atomic E-state index is 15.0. The molecule has 10 aromatic carbocycles. The molecule has 0 atom stereocenters. The van der Waals surface area contributed by atoms with E-state index >= 15 is 8.78 Å². The number of benzene rings is 10. The molecule has 0 radical (unpaired) electrons. The van der Waals surface area contributed by atoms with Gasteiger partial charge in [0.2, 0.25) is 29.1 Å². The number of rotatable bonds is 25. The van der Waals surface area contributed by atoms with Gasteiger partial charge in [0.1, 0.15) is 0 Å². The Morgan fingerprint density at radius 3 is 0.801 bits per heavy atom. The van der Waals surface area contributed by atoms with E-state index in [9.17, 15) is 57.1 Å². The maximum absolute atomic E-state index is 15.0. The first kappa shape index (κ1) is 108. The van der Waals surface area contributed by atoms with Crippen LogP contribution in [0, 0.1) is 111 Å². The van der Waals surface area contributed by atoms with E-state index in [1.54, 1.807) is 60.7 Å². The van der Waals surface area contributed by atoms with Gasteiger partial charge in [0, 0.05) is 94.3 Å². The highest BCUT2D eigenvalue weighted by molar-refractivity contribution is 5.60. The molecule has 0 unspecified atom stereocenters. The van der Waals surface area contributed by atoms with Crippen molar-refractivity contribution < 1.29 is 94.3 Å². The van der Waals surface area contributed by atoms with Crippen LogP contribution in [0.4, 0.5) is 65.9 Å². The molecule has 6 nitrogen and oxygen atoms in total. The third kappa shape index (κ3) is 23.5. The Labute approximate surface area is 852 Å². The summed E-state index contributed by atoms with van der Waals surface area (Å²) in [4.78, 5) is 0. The van der Waals surface area contributed by atoms with Crippen molar-refractivity contribution in [2.75, 3.05) is 6.61 Å². The van der Waals surface area contributed by atoms with Gasteiger partial charge in [-0.05, 0) is 326 Å². The van der Waals surface area contributed by atoms with E-state index < -0.39 is 87.3 Å². The average Bonchev–Trinajstić information content (AvgIpc) is 0.770. The second-order valence-electron chi connectivity index (χ2n) is 42.0. The fraction of sp³-hybridized carbons (Fsp3) is 0.472. The topological polar surface area (TPSA) is 55.4 Å². The van der Waals surface area contributed by atoms with Gasteiger partial charge in [-0.25, -0.2) is 43.9 Å². The number of halogens is 15. The highest BCUT2D eigenvalue weighted by Crippen LogP contribution is 2.54. The van der Waals surface area contributed by atoms with Crippen LogP contribution >= 0.6 is 0 Å². The molecule has 10 aliphatic rings. The van der Waals surface area contributed by atoms with Gasteiger partial charge in [-0.3, -0.25) is 0 Å². The Bertz CT molecular complexity index is 6370. The van der Waals surface area contributed by atoms with Gasteiger partial charge < -0.3 is 28.4 Å². The summed E-state index contributed by atoms with van der Waals surface area (Å²) in [5.41, 5.74) is 11.3. The lowest BCUT2D eigenvalue weighted by atomic mass is 9.76. The SMILES string of the molecule is C/C=C/C1CCC(c2cc3c(c(F)c2F)Oc2c(ccc(CCC)c2F)C3)CC1.C=CC1CCC(c2cc3c(c(F)c2F)Oc2c(ccc(CCC)c2F)C3)CC1.C=CCCC1CCC(c2cc3c(c(F)c2F)Oc2c(ccc(CC)c2F)C3)CC1.CCCCCC1CCC(c2cc3c(c(F)c2F)Oc2c(ccc(CCC)c2F)C3)CC1.CCCc1ccc2c(c1F)Oc1c(cc(C3CCC(OCC)CC3)c(F)c1F)C2. The van der Waals surface area contributed by atoms with Crippen molar-refractivity contribution >= 4 is 0 Å². The number of aryl methyl sites for hydroxylation is 5. The summed E-state index contributed by atoms with van der Waals surface area (Å²) in [6.45, 7) is 24.2. The van der Waals surface area contributed by atoms with Crippen LogP contribution in [-0.2, 0) is 68.9 Å². The minimum Gasteiger partial charge on any atom is -0.450 e. The van der Waals surface area contributed by atoms with E-state index in [2.05, 4.69) is 32.2 Å². The molecule has 780 valence electrons. The summed E-state index contributed by atoms with van der Waals surface area (Å²) in [5.74, 6) is -9.68. The average molecular weight is 2020 g/mol. The van der Waals surface area contributed by atoms with E-state index in [1.165, 1.54) is 25.7 Å². The van der Waals surface area contributed by atoms with E-state index in [4.69, 9.17) is 28.4 Å². The predicted molar refractivity (Wildman–Crippen MR) is 548 cm³/mol. The Kier molecular flexibility index (Phi) is 36.4. The molecule has 10 aromatic rings. The van der Waals surface area contributed by atoms with Gasteiger partial charge in [-0.1, -0.05) is 178 Å². The fourth-order valence-corrected chi connectivity index (χ4v) is 24.1. The Morgan fingerprint density at radius 2 is 0.541 bits per heavy atom. The van der Waals surface area contributed by atoms with E-state index in [0.717, 1.165) is 167 Å². The largest absolute Gasteiger partial charge is 0.450 e. The van der Waals surface area contributed by atoms with Crippen molar-refractivity contribution in [1.82, 2.24) is 0 Å². The van der Waals surface area contributed by atoms with Crippen LogP contribution < -0.4 is 23.7 Å². The van der Waals surface area contributed by atoms with E-state index in [1.807, 2.05) is 91.0 Å². The minimum atomic E-state index is -1.00. The summed E-state index contributed by atoms with van der Waals surface area (Å²) < 4.78 is 257. The lowest BCUT2D eigenvalue weighted by Crippen LogP contribution is -2.22. The van der Waals surface area contributed by atoms with Crippen molar-refractivity contribution in [2.24, 2.45) is 23.7 Å². The molecule has 0 saturated heterocycles.